The number of anilines is 1. The quantitative estimate of drug-likeness (QED) is 0.700. The molecule has 0 bridgehead atoms. The number of para-hydroxylation sites is 1. The fourth-order valence-electron chi connectivity index (χ4n) is 2.63. The SMILES string of the molecule is CN(C)CCN(C(=O)Cc1cn2ccccc2n1)c1ccccc1. The van der Waals surface area contributed by atoms with Crippen LogP contribution in [0.5, 0.6) is 0 Å². The molecule has 124 valence electrons. The van der Waals surface area contributed by atoms with Crippen molar-refractivity contribution in [3.63, 3.8) is 0 Å². The van der Waals surface area contributed by atoms with Gasteiger partial charge in [0.15, 0.2) is 0 Å². The first-order chi connectivity index (χ1) is 11.6. The van der Waals surface area contributed by atoms with Crippen LogP contribution in [-0.4, -0.2) is 47.4 Å². The van der Waals surface area contributed by atoms with Crippen molar-refractivity contribution in [3.8, 4) is 0 Å². The molecule has 0 spiro atoms. The molecule has 0 fully saturated rings. The number of likely N-dealkylation sites (N-methyl/N-ethyl adjacent to an activating group) is 1. The predicted molar refractivity (Wildman–Crippen MR) is 96.2 cm³/mol. The lowest BCUT2D eigenvalue weighted by molar-refractivity contribution is -0.118. The van der Waals surface area contributed by atoms with E-state index in [9.17, 15) is 4.79 Å². The Morgan fingerprint density at radius 3 is 2.50 bits per heavy atom. The molecule has 0 aliphatic carbocycles. The van der Waals surface area contributed by atoms with E-state index in [4.69, 9.17) is 0 Å². The molecule has 0 saturated carbocycles. The van der Waals surface area contributed by atoms with E-state index in [1.54, 1.807) is 0 Å². The van der Waals surface area contributed by atoms with Crippen LogP contribution >= 0.6 is 0 Å². The van der Waals surface area contributed by atoms with Crippen LogP contribution in [-0.2, 0) is 11.2 Å². The van der Waals surface area contributed by atoms with Gasteiger partial charge in [-0.05, 0) is 38.4 Å². The van der Waals surface area contributed by atoms with Crippen molar-refractivity contribution in [3.05, 3.63) is 66.6 Å². The fourth-order valence-corrected chi connectivity index (χ4v) is 2.63. The highest BCUT2D eigenvalue weighted by Gasteiger charge is 2.17. The smallest absolute Gasteiger partial charge is 0.233 e. The molecule has 3 rings (SSSR count). The number of carbonyl (C=O) groups excluding carboxylic acids is 1. The van der Waals surface area contributed by atoms with Gasteiger partial charge < -0.3 is 14.2 Å². The minimum Gasteiger partial charge on any atom is -0.311 e. The topological polar surface area (TPSA) is 40.9 Å². The summed E-state index contributed by atoms with van der Waals surface area (Å²) in [6, 6.07) is 15.6. The molecule has 3 aromatic rings. The lowest BCUT2D eigenvalue weighted by Gasteiger charge is -2.24. The Balaban J connectivity index is 1.79. The van der Waals surface area contributed by atoms with Crippen LogP contribution in [0.25, 0.3) is 5.65 Å². The minimum atomic E-state index is 0.0615. The van der Waals surface area contributed by atoms with Gasteiger partial charge in [-0.2, -0.15) is 0 Å². The summed E-state index contributed by atoms with van der Waals surface area (Å²) in [5.74, 6) is 0.0615. The van der Waals surface area contributed by atoms with Crippen molar-refractivity contribution in [1.29, 1.82) is 0 Å². The second kappa shape index (κ2) is 7.27. The number of benzene rings is 1. The van der Waals surface area contributed by atoms with Gasteiger partial charge in [-0.3, -0.25) is 4.79 Å². The third-order valence-corrected chi connectivity index (χ3v) is 3.89. The average Bonchev–Trinajstić information content (AvgIpc) is 2.98. The Kier molecular flexibility index (Phi) is 4.91. The van der Waals surface area contributed by atoms with Gasteiger partial charge in [0.05, 0.1) is 12.1 Å². The zero-order valence-corrected chi connectivity index (χ0v) is 14.1. The maximum absolute atomic E-state index is 12.9. The molecular formula is C19H22N4O. The molecule has 0 unspecified atom stereocenters. The van der Waals surface area contributed by atoms with Crippen molar-refractivity contribution in [1.82, 2.24) is 14.3 Å². The van der Waals surface area contributed by atoms with Crippen LogP contribution in [0.3, 0.4) is 0 Å². The van der Waals surface area contributed by atoms with Gasteiger partial charge in [-0.1, -0.05) is 24.3 Å². The summed E-state index contributed by atoms with van der Waals surface area (Å²) in [4.78, 5) is 21.3. The second-order valence-corrected chi connectivity index (χ2v) is 6.06. The first-order valence-corrected chi connectivity index (χ1v) is 8.06. The molecule has 0 saturated heterocycles. The van der Waals surface area contributed by atoms with Gasteiger partial charge in [0.2, 0.25) is 5.91 Å². The number of carbonyl (C=O) groups is 1. The van der Waals surface area contributed by atoms with Crippen molar-refractivity contribution in [2.24, 2.45) is 0 Å². The Hall–Kier alpha value is -2.66. The first kappa shape index (κ1) is 16.2. The number of amides is 1. The summed E-state index contributed by atoms with van der Waals surface area (Å²) in [7, 11) is 4.02. The molecule has 0 atom stereocenters. The average molecular weight is 322 g/mol. The van der Waals surface area contributed by atoms with Crippen molar-refractivity contribution in [2.45, 2.75) is 6.42 Å². The van der Waals surface area contributed by atoms with E-state index in [2.05, 4.69) is 9.88 Å². The summed E-state index contributed by atoms with van der Waals surface area (Å²) < 4.78 is 1.94. The molecule has 24 heavy (non-hydrogen) atoms. The van der Waals surface area contributed by atoms with Crippen LogP contribution in [0.2, 0.25) is 0 Å². The molecule has 1 aromatic carbocycles. The minimum absolute atomic E-state index is 0.0615. The van der Waals surface area contributed by atoms with E-state index in [0.29, 0.717) is 13.0 Å². The van der Waals surface area contributed by atoms with Gasteiger partial charge in [0.25, 0.3) is 0 Å². The third-order valence-electron chi connectivity index (χ3n) is 3.89. The largest absolute Gasteiger partial charge is 0.311 e. The molecule has 0 N–H and O–H groups in total. The lowest BCUT2D eigenvalue weighted by atomic mass is 10.2. The molecule has 0 aliphatic heterocycles. The van der Waals surface area contributed by atoms with Gasteiger partial charge in [-0.25, -0.2) is 4.98 Å². The molecule has 0 radical (unpaired) electrons. The van der Waals surface area contributed by atoms with Crippen molar-refractivity contribution in [2.75, 3.05) is 32.1 Å². The number of fused-ring (bicyclic) bond motifs is 1. The second-order valence-electron chi connectivity index (χ2n) is 6.06. The number of hydrogen-bond donors (Lipinski definition) is 0. The monoisotopic (exact) mass is 322 g/mol. The molecule has 2 aromatic heterocycles. The van der Waals surface area contributed by atoms with Crippen LogP contribution in [0.4, 0.5) is 5.69 Å². The van der Waals surface area contributed by atoms with Crippen LogP contribution in [0, 0.1) is 0 Å². The maximum atomic E-state index is 12.9. The van der Waals surface area contributed by atoms with Crippen molar-refractivity contribution < 1.29 is 4.79 Å². The van der Waals surface area contributed by atoms with E-state index in [-0.39, 0.29) is 5.91 Å². The number of imidazole rings is 1. The number of nitrogens with zero attached hydrogens (tertiary/aromatic N) is 4. The molecule has 5 nitrogen and oxygen atoms in total. The molecular weight excluding hydrogens is 300 g/mol. The highest BCUT2D eigenvalue weighted by Crippen LogP contribution is 2.15. The summed E-state index contributed by atoms with van der Waals surface area (Å²) >= 11 is 0. The molecule has 2 heterocycles. The number of hydrogen-bond acceptors (Lipinski definition) is 3. The van der Waals surface area contributed by atoms with Gasteiger partial charge in [0, 0.05) is 31.2 Å². The van der Waals surface area contributed by atoms with E-state index in [1.165, 1.54) is 0 Å². The maximum Gasteiger partial charge on any atom is 0.233 e. The van der Waals surface area contributed by atoms with Gasteiger partial charge >= 0.3 is 0 Å². The summed E-state index contributed by atoms with van der Waals surface area (Å²) in [6.45, 7) is 1.47. The number of aromatic nitrogens is 2. The molecule has 0 aliphatic rings. The normalized spacial score (nSPS) is 11.1. The highest BCUT2D eigenvalue weighted by atomic mass is 16.2. The van der Waals surface area contributed by atoms with Gasteiger partial charge in [0.1, 0.15) is 5.65 Å². The molecule has 1 amide bonds. The van der Waals surface area contributed by atoms with Crippen LogP contribution in [0.15, 0.2) is 60.9 Å². The Bertz CT molecular complexity index is 777. The predicted octanol–water partition coefficient (Wildman–Crippen LogP) is 2.47. The highest BCUT2D eigenvalue weighted by molar-refractivity contribution is 5.94. The zero-order valence-electron chi connectivity index (χ0n) is 14.1. The standard InChI is InChI=1S/C19H22N4O/c1-21(2)12-13-23(17-8-4-3-5-9-17)19(24)14-16-15-22-11-7-6-10-18(22)20-16/h3-11,15H,12-14H2,1-2H3. The Morgan fingerprint density at radius 2 is 1.79 bits per heavy atom. The number of pyridine rings is 1. The summed E-state index contributed by atoms with van der Waals surface area (Å²) in [6.07, 6.45) is 4.16. The number of rotatable bonds is 6. The van der Waals surface area contributed by atoms with Crippen LogP contribution in [0.1, 0.15) is 5.69 Å². The van der Waals surface area contributed by atoms with Crippen molar-refractivity contribution >= 4 is 17.2 Å². The third kappa shape index (κ3) is 3.81. The van der Waals surface area contributed by atoms with E-state index >= 15 is 0 Å². The summed E-state index contributed by atoms with van der Waals surface area (Å²) in [5, 5.41) is 0. The van der Waals surface area contributed by atoms with Gasteiger partial charge in [-0.15, -0.1) is 0 Å². The first-order valence-electron chi connectivity index (χ1n) is 8.06. The zero-order chi connectivity index (χ0) is 16.9. The summed E-state index contributed by atoms with van der Waals surface area (Å²) in [5.41, 5.74) is 2.57. The van der Waals surface area contributed by atoms with E-state index in [0.717, 1.165) is 23.6 Å². The van der Waals surface area contributed by atoms with E-state index in [1.807, 2.05) is 84.3 Å². The Labute approximate surface area is 142 Å². The lowest BCUT2D eigenvalue weighted by Crippen LogP contribution is -2.37. The molecule has 5 heteroatoms. The fraction of sp³-hybridized carbons (Fsp3) is 0.263. The Morgan fingerprint density at radius 1 is 1.04 bits per heavy atom. The van der Waals surface area contributed by atoms with Crippen LogP contribution < -0.4 is 4.90 Å². The van der Waals surface area contributed by atoms with E-state index < -0.39 is 0 Å².